The molecule has 0 aromatic heterocycles. The molecule has 0 rings (SSSR count). The second-order valence-corrected chi connectivity index (χ2v) is 1.35. The van der Waals surface area contributed by atoms with Crippen LogP contribution in [0.1, 0.15) is 6.92 Å². The third-order valence-corrected chi connectivity index (χ3v) is 0.501. The predicted molar refractivity (Wildman–Crippen MR) is 25.8 cm³/mol. The van der Waals surface area contributed by atoms with E-state index >= 15 is 0 Å². The van der Waals surface area contributed by atoms with E-state index in [1.54, 1.807) is 0 Å². The fraction of sp³-hybridized carbons (Fsp3) is 0.400. The number of carbonyl (C=O) groups is 1. The normalized spacial score (nSPS) is 15.6. The van der Waals surface area contributed by atoms with Gasteiger partial charge in [-0.2, -0.15) is 0 Å². The minimum atomic E-state index is -1.39. The molecule has 1 nitrogen and oxygen atoms in total. The van der Waals surface area contributed by atoms with Crippen LogP contribution in [0, 0.1) is 0 Å². The lowest BCUT2D eigenvalue weighted by Gasteiger charge is -1.85. The number of carbonyl (C=O) groups excluding carboxylic acids is 1. The minimum absolute atomic E-state index is 0.0317. The van der Waals surface area contributed by atoms with E-state index in [2.05, 4.69) is 0 Å². The SMILES string of the molecule is CC(F)/C=C(\F)C=O. The summed E-state index contributed by atoms with van der Waals surface area (Å²) in [5, 5.41) is 0. The lowest BCUT2D eigenvalue weighted by atomic mass is 10.4. The molecule has 0 radical (unpaired) electrons. The van der Waals surface area contributed by atoms with Crippen LogP contribution >= 0.6 is 0 Å². The number of allylic oxidation sites excluding steroid dienone is 2. The first kappa shape index (κ1) is 7.27. The molecular weight excluding hydrogens is 114 g/mol. The van der Waals surface area contributed by atoms with E-state index in [1.807, 2.05) is 0 Å². The first-order valence-corrected chi connectivity index (χ1v) is 2.13. The van der Waals surface area contributed by atoms with E-state index < -0.39 is 12.0 Å². The van der Waals surface area contributed by atoms with E-state index in [0.29, 0.717) is 6.08 Å². The van der Waals surface area contributed by atoms with Crippen LogP contribution in [0.3, 0.4) is 0 Å². The van der Waals surface area contributed by atoms with Crippen molar-refractivity contribution < 1.29 is 13.6 Å². The highest BCUT2D eigenvalue weighted by molar-refractivity contribution is 5.69. The molecule has 0 saturated carbocycles. The summed E-state index contributed by atoms with van der Waals surface area (Å²) in [6.07, 6.45) is -0.816. The maximum absolute atomic E-state index is 11.7. The van der Waals surface area contributed by atoms with Crippen LogP contribution in [-0.4, -0.2) is 12.5 Å². The van der Waals surface area contributed by atoms with Crippen molar-refractivity contribution in [2.75, 3.05) is 0 Å². The summed E-state index contributed by atoms with van der Waals surface area (Å²) in [6.45, 7) is 1.14. The Morgan fingerprint density at radius 3 is 2.38 bits per heavy atom. The van der Waals surface area contributed by atoms with Crippen molar-refractivity contribution in [3.63, 3.8) is 0 Å². The molecular formula is C5H6F2O. The van der Waals surface area contributed by atoms with Crippen LogP contribution in [0.5, 0.6) is 0 Å². The molecule has 46 valence electrons. The zero-order valence-corrected chi connectivity index (χ0v) is 4.40. The van der Waals surface area contributed by atoms with Gasteiger partial charge in [0.1, 0.15) is 6.17 Å². The van der Waals surface area contributed by atoms with Gasteiger partial charge in [0.25, 0.3) is 0 Å². The van der Waals surface area contributed by atoms with Crippen LogP contribution in [0.15, 0.2) is 11.9 Å². The van der Waals surface area contributed by atoms with Gasteiger partial charge >= 0.3 is 0 Å². The second kappa shape index (κ2) is 3.29. The lowest BCUT2D eigenvalue weighted by molar-refractivity contribution is -0.106. The topological polar surface area (TPSA) is 17.1 Å². The quantitative estimate of drug-likeness (QED) is 0.397. The summed E-state index contributed by atoms with van der Waals surface area (Å²) in [4.78, 5) is 9.43. The molecule has 0 aliphatic carbocycles. The maximum Gasteiger partial charge on any atom is 0.178 e. The van der Waals surface area contributed by atoms with Gasteiger partial charge in [0, 0.05) is 0 Å². The number of rotatable bonds is 2. The second-order valence-electron chi connectivity index (χ2n) is 1.35. The first-order valence-electron chi connectivity index (χ1n) is 2.13. The highest BCUT2D eigenvalue weighted by Crippen LogP contribution is 1.96. The molecule has 0 aliphatic heterocycles. The van der Waals surface area contributed by atoms with E-state index in [1.165, 1.54) is 0 Å². The number of aldehydes is 1. The van der Waals surface area contributed by atoms with Gasteiger partial charge in [0.15, 0.2) is 12.1 Å². The van der Waals surface area contributed by atoms with E-state index in [4.69, 9.17) is 0 Å². The first-order chi connectivity index (χ1) is 3.66. The number of halogens is 2. The molecule has 1 unspecified atom stereocenters. The van der Waals surface area contributed by atoms with Crippen molar-refractivity contribution in [1.29, 1.82) is 0 Å². The summed E-state index contributed by atoms with van der Waals surface area (Å²) in [6, 6.07) is 0. The Morgan fingerprint density at radius 2 is 2.25 bits per heavy atom. The molecule has 8 heavy (non-hydrogen) atoms. The van der Waals surface area contributed by atoms with Gasteiger partial charge in [-0.3, -0.25) is 4.79 Å². The number of hydrogen-bond donors (Lipinski definition) is 0. The van der Waals surface area contributed by atoms with Crippen molar-refractivity contribution in [3.8, 4) is 0 Å². The third-order valence-electron chi connectivity index (χ3n) is 0.501. The van der Waals surface area contributed by atoms with Crippen molar-refractivity contribution in [3.05, 3.63) is 11.9 Å². The monoisotopic (exact) mass is 120 g/mol. The fourth-order valence-electron chi connectivity index (χ4n) is 0.259. The van der Waals surface area contributed by atoms with E-state index in [-0.39, 0.29) is 6.29 Å². The smallest absolute Gasteiger partial charge is 0.178 e. The molecule has 0 heterocycles. The lowest BCUT2D eigenvalue weighted by Crippen LogP contribution is -1.86. The Balaban J connectivity index is 3.74. The van der Waals surface area contributed by atoms with Gasteiger partial charge in [0.2, 0.25) is 0 Å². The molecule has 0 amide bonds. The predicted octanol–water partition coefficient (Wildman–Crippen LogP) is 1.40. The summed E-state index contributed by atoms with van der Waals surface area (Å²) in [5.74, 6) is -1.06. The summed E-state index contributed by atoms with van der Waals surface area (Å²) in [5.41, 5.74) is 0. The van der Waals surface area contributed by atoms with Crippen LogP contribution in [0.2, 0.25) is 0 Å². The van der Waals surface area contributed by atoms with Crippen molar-refractivity contribution >= 4 is 6.29 Å². The van der Waals surface area contributed by atoms with Gasteiger partial charge in [-0.05, 0) is 13.0 Å². The molecule has 0 N–H and O–H groups in total. The Bertz CT molecular complexity index is 107. The highest BCUT2D eigenvalue weighted by Gasteiger charge is 1.94. The third kappa shape index (κ3) is 3.46. The highest BCUT2D eigenvalue weighted by atomic mass is 19.1. The number of hydrogen-bond acceptors (Lipinski definition) is 1. The zero-order chi connectivity index (χ0) is 6.57. The van der Waals surface area contributed by atoms with Crippen molar-refractivity contribution in [1.82, 2.24) is 0 Å². The van der Waals surface area contributed by atoms with Crippen LogP contribution in [0.25, 0.3) is 0 Å². The standard InChI is InChI=1S/C5H6F2O/c1-4(6)2-5(7)3-8/h2-4H,1H3/b5-2-. The van der Waals surface area contributed by atoms with Gasteiger partial charge in [-0.1, -0.05) is 0 Å². The molecule has 1 atom stereocenters. The molecule has 0 aromatic rings. The van der Waals surface area contributed by atoms with Crippen LogP contribution < -0.4 is 0 Å². The number of alkyl halides is 1. The molecule has 0 saturated heterocycles. The summed E-state index contributed by atoms with van der Waals surface area (Å²) >= 11 is 0. The molecule has 0 bridgehead atoms. The Labute approximate surface area is 46.0 Å². The molecule has 0 fully saturated rings. The fourth-order valence-corrected chi connectivity index (χ4v) is 0.259. The van der Waals surface area contributed by atoms with E-state index in [0.717, 1.165) is 6.92 Å². The Kier molecular flexibility index (Phi) is 2.99. The Morgan fingerprint density at radius 1 is 1.75 bits per heavy atom. The maximum atomic E-state index is 11.7. The van der Waals surface area contributed by atoms with Crippen molar-refractivity contribution in [2.45, 2.75) is 13.1 Å². The van der Waals surface area contributed by atoms with Gasteiger partial charge in [-0.25, -0.2) is 8.78 Å². The van der Waals surface area contributed by atoms with Gasteiger partial charge in [0.05, 0.1) is 0 Å². The summed E-state index contributed by atoms with van der Waals surface area (Å²) in [7, 11) is 0. The van der Waals surface area contributed by atoms with Crippen molar-refractivity contribution in [2.24, 2.45) is 0 Å². The average Bonchev–Trinajstić information content (AvgIpc) is 1.65. The van der Waals surface area contributed by atoms with Gasteiger partial charge < -0.3 is 0 Å². The summed E-state index contributed by atoms with van der Waals surface area (Å²) < 4.78 is 23.3. The van der Waals surface area contributed by atoms with Gasteiger partial charge in [-0.15, -0.1) is 0 Å². The van der Waals surface area contributed by atoms with Crippen LogP contribution in [0.4, 0.5) is 8.78 Å². The Hall–Kier alpha value is -0.730. The molecule has 0 spiro atoms. The molecule has 0 aromatic carbocycles. The van der Waals surface area contributed by atoms with E-state index in [9.17, 15) is 13.6 Å². The van der Waals surface area contributed by atoms with Crippen LogP contribution in [-0.2, 0) is 4.79 Å². The molecule has 3 heteroatoms. The average molecular weight is 120 g/mol. The largest absolute Gasteiger partial charge is 0.295 e. The zero-order valence-electron chi connectivity index (χ0n) is 4.40. The molecule has 0 aliphatic rings. The minimum Gasteiger partial charge on any atom is -0.295 e.